The summed E-state index contributed by atoms with van der Waals surface area (Å²) in [5, 5.41) is 53.5. The van der Waals surface area contributed by atoms with E-state index in [-0.39, 0.29) is 5.56 Å². The van der Waals surface area contributed by atoms with Gasteiger partial charge in [-0.1, -0.05) is 110 Å². The number of phenolic OH excluding ortho intramolecular Hbond substituents is 5. The Balaban J connectivity index is 1.38. The zero-order chi connectivity index (χ0) is 31.7. The molecule has 4 aromatic carbocycles. The van der Waals surface area contributed by atoms with E-state index in [1.165, 1.54) is 0 Å². The van der Waals surface area contributed by atoms with E-state index in [1.54, 1.807) is 12.1 Å². The minimum atomic E-state index is -0.987. The smallest absolute Gasteiger partial charge is 0.208 e. The van der Waals surface area contributed by atoms with Crippen LogP contribution in [0.5, 0.6) is 28.7 Å². The van der Waals surface area contributed by atoms with E-state index in [0.29, 0.717) is 5.56 Å². The molecular weight excluding hydrogens is 562 g/mol. The lowest BCUT2D eigenvalue weighted by Crippen LogP contribution is -2.04. The van der Waals surface area contributed by atoms with Gasteiger partial charge in [0.2, 0.25) is 17.2 Å². The minimum Gasteiger partial charge on any atom is -0.504 e. The molecule has 2 bridgehead atoms. The highest BCUT2D eigenvalue weighted by Gasteiger charge is 2.24. The Hall–Kier alpha value is -6.14. The Morgan fingerprint density at radius 1 is 0.533 bits per heavy atom. The number of benzene rings is 4. The second kappa shape index (κ2) is 11.9. The fourth-order valence-electron chi connectivity index (χ4n) is 5.48. The highest BCUT2D eigenvalue weighted by Crippen LogP contribution is 2.54. The summed E-state index contributed by atoms with van der Waals surface area (Å²) in [4.78, 5) is 0. The maximum Gasteiger partial charge on any atom is 0.208 e. The van der Waals surface area contributed by atoms with Crippen molar-refractivity contribution in [3.05, 3.63) is 156 Å². The van der Waals surface area contributed by atoms with E-state index >= 15 is 0 Å². The van der Waals surface area contributed by atoms with Gasteiger partial charge in [-0.3, -0.25) is 0 Å². The number of phenols is 5. The third-order valence-corrected chi connectivity index (χ3v) is 7.96. The number of nitrogens with one attached hydrogen (secondary N) is 1. The second-order valence-electron chi connectivity index (χ2n) is 10.8. The van der Waals surface area contributed by atoms with Crippen LogP contribution < -0.4 is 5.32 Å². The van der Waals surface area contributed by atoms with Gasteiger partial charge in [-0.25, -0.2) is 0 Å². The molecular formula is C39H31NO5. The van der Waals surface area contributed by atoms with Crippen LogP contribution in [0.2, 0.25) is 0 Å². The quantitative estimate of drug-likeness (QED) is 0.105. The molecule has 6 nitrogen and oxygen atoms in total. The minimum absolute atomic E-state index is 0.182. The summed E-state index contributed by atoms with van der Waals surface area (Å²) < 4.78 is 0. The number of hydrogen-bond acceptors (Lipinski definition) is 6. The fourth-order valence-corrected chi connectivity index (χ4v) is 5.48. The molecule has 0 radical (unpaired) electrons. The van der Waals surface area contributed by atoms with Crippen LogP contribution in [-0.4, -0.2) is 25.5 Å². The van der Waals surface area contributed by atoms with E-state index in [9.17, 15) is 25.5 Å². The van der Waals surface area contributed by atoms with Crippen molar-refractivity contribution in [1.82, 2.24) is 5.32 Å². The summed E-state index contributed by atoms with van der Waals surface area (Å²) in [6, 6.07) is 23.5. The van der Waals surface area contributed by atoms with E-state index in [1.807, 2.05) is 54.8 Å². The van der Waals surface area contributed by atoms with Crippen LogP contribution in [-0.2, 0) is 0 Å². The van der Waals surface area contributed by atoms with Crippen LogP contribution in [0.25, 0.3) is 39.0 Å². The van der Waals surface area contributed by atoms with Gasteiger partial charge in [0.15, 0.2) is 11.5 Å². The maximum atomic E-state index is 10.3. The Labute approximate surface area is 261 Å². The monoisotopic (exact) mass is 593 g/mol. The molecule has 0 aromatic heterocycles. The van der Waals surface area contributed by atoms with Crippen LogP contribution >= 0.6 is 0 Å². The second-order valence-corrected chi connectivity index (χ2v) is 10.8. The first kappa shape index (κ1) is 29.0. The molecule has 0 fully saturated rings. The Kier molecular flexibility index (Phi) is 7.63. The van der Waals surface area contributed by atoms with Crippen molar-refractivity contribution >= 4 is 16.7 Å². The van der Waals surface area contributed by atoms with E-state index in [4.69, 9.17) is 0 Å². The average molecular weight is 594 g/mol. The van der Waals surface area contributed by atoms with E-state index in [2.05, 4.69) is 73.5 Å². The molecule has 0 saturated carbocycles. The fraction of sp³-hybridized carbons (Fsp3) is 0.0256. The van der Waals surface area contributed by atoms with Crippen molar-refractivity contribution in [3.8, 4) is 51.0 Å². The molecule has 0 atom stereocenters. The molecule has 222 valence electrons. The first-order valence-corrected chi connectivity index (χ1v) is 14.3. The normalized spacial score (nSPS) is 20.5. The van der Waals surface area contributed by atoms with Gasteiger partial charge in [-0.2, -0.15) is 0 Å². The summed E-state index contributed by atoms with van der Waals surface area (Å²) >= 11 is 0. The molecule has 45 heavy (non-hydrogen) atoms. The molecule has 4 aromatic rings. The first-order chi connectivity index (χ1) is 21.7. The summed E-state index contributed by atoms with van der Waals surface area (Å²) in [6.07, 6.45) is 16.5. The van der Waals surface area contributed by atoms with Crippen molar-refractivity contribution in [2.45, 2.75) is 6.92 Å². The highest BCUT2D eigenvalue weighted by atomic mass is 16.4. The highest BCUT2D eigenvalue weighted by molar-refractivity contribution is 5.97. The zero-order valence-corrected chi connectivity index (χ0v) is 24.5. The molecule has 0 amide bonds. The molecule has 1 aliphatic carbocycles. The topological polar surface area (TPSA) is 113 Å². The van der Waals surface area contributed by atoms with Gasteiger partial charge in [0.05, 0.1) is 5.56 Å². The Morgan fingerprint density at radius 3 is 1.69 bits per heavy atom. The van der Waals surface area contributed by atoms with Crippen LogP contribution in [0.15, 0.2) is 139 Å². The number of aromatic hydroxyl groups is 5. The molecule has 6 N–H and O–H groups in total. The lowest BCUT2D eigenvalue weighted by Gasteiger charge is -2.18. The predicted molar refractivity (Wildman–Crippen MR) is 180 cm³/mol. The summed E-state index contributed by atoms with van der Waals surface area (Å²) in [5.41, 5.74) is 10.4. The van der Waals surface area contributed by atoms with Gasteiger partial charge in [0.1, 0.15) is 0 Å². The van der Waals surface area contributed by atoms with Gasteiger partial charge in [0.25, 0.3) is 0 Å². The predicted octanol–water partition coefficient (Wildman–Crippen LogP) is 8.55. The standard InChI is InChI=1S/C39H31NO5/c1-23-7-3-4-8-24(2)40-22-30-20-19-29(21-33(23)32-10-6-5-9-31(30)32)27-13-11-25(12-14-27)26-15-17-28(18-16-26)34-35(41)37(43)39(45)38(44)36(34)42/h3-22,40-45H,2H2,1H3/b7-3-,8-4-,20-19-,29-21+,30-22-,33-23-. The van der Waals surface area contributed by atoms with E-state index in [0.717, 1.165) is 55.8 Å². The van der Waals surface area contributed by atoms with Gasteiger partial charge in [-0.15, -0.1) is 0 Å². The number of rotatable bonds is 3. The molecule has 0 spiro atoms. The van der Waals surface area contributed by atoms with Crippen molar-refractivity contribution in [1.29, 1.82) is 0 Å². The molecule has 2 aliphatic rings. The van der Waals surface area contributed by atoms with Crippen LogP contribution in [0.3, 0.4) is 0 Å². The Bertz CT molecular complexity index is 1990. The summed E-state index contributed by atoms with van der Waals surface area (Å²) in [5.74, 6) is -4.26. The van der Waals surface area contributed by atoms with Gasteiger partial charge in [0, 0.05) is 11.9 Å². The van der Waals surface area contributed by atoms with Crippen molar-refractivity contribution in [3.63, 3.8) is 0 Å². The molecule has 1 heterocycles. The third-order valence-electron chi connectivity index (χ3n) is 7.96. The Morgan fingerprint density at radius 2 is 1.04 bits per heavy atom. The summed E-state index contributed by atoms with van der Waals surface area (Å²) in [6.45, 7) is 6.22. The van der Waals surface area contributed by atoms with Crippen molar-refractivity contribution in [2.75, 3.05) is 0 Å². The van der Waals surface area contributed by atoms with E-state index < -0.39 is 28.7 Å². The average Bonchev–Trinajstić information content (AvgIpc) is 3.05. The largest absolute Gasteiger partial charge is 0.504 e. The number of allylic oxidation sites excluding steroid dienone is 11. The maximum absolute atomic E-state index is 10.3. The van der Waals surface area contributed by atoms with Crippen LogP contribution in [0.1, 0.15) is 23.6 Å². The number of hydrogen-bond donors (Lipinski definition) is 6. The summed E-state index contributed by atoms with van der Waals surface area (Å²) in [7, 11) is 0. The van der Waals surface area contributed by atoms with Crippen molar-refractivity contribution < 1.29 is 25.5 Å². The first-order valence-electron chi connectivity index (χ1n) is 14.3. The SMILES string of the molecule is C=C1\C=C/C=C\C(C)=C2\C=C(c3ccc(-c4ccc(-c5c(O)c(O)c(O)c(O)c5O)cc4)cc3)/C=C\C(=C\N1)c1ccccc12. The third kappa shape index (κ3) is 5.53. The lowest BCUT2D eigenvalue weighted by atomic mass is 9.87. The molecule has 1 aliphatic heterocycles. The molecule has 6 heteroatoms. The molecule has 0 unspecified atom stereocenters. The zero-order valence-electron chi connectivity index (χ0n) is 24.5. The van der Waals surface area contributed by atoms with Gasteiger partial charge >= 0.3 is 0 Å². The molecule has 6 rings (SSSR count). The molecule has 0 saturated heterocycles. The van der Waals surface area contributed by atoms with Crippen LogP contribution in [0.4, 0.5) is 0 Å². The van der Waals surface area contributed by atoms with Gasteiger partial charge in [-0.05, 0) is 74.7 Å². The van der Waals surface area contributed by atoms with Crippen LogP contribution in [0, 0.1) is 0 Å². The van der Waals surface area contributed by atoms with Gasteiger partial charge < -0.3 is 30.8 Å². The van der Waals surface area contributed by atoms with Crippen molar-refractivity contribution in [2.24, 2.45) is 0 Å². The lowest BCUT2D eigenvalue weighted by molar-refractivity contribution is 0.330.